The van der Waals surface area contributed by atoms with Crippen LogP contribution in [0.25, 0.3) is 0 Å². The van der Waals surface area contributed by atoms with Gasteiger partial charge in [0, 0.05) is 45.5 Å². The summed E-state index contributed by atoms with van der Waals surface area (Å²) < 4.78 is 37.7. The highest BCUT2D eigenvalue weighted by Crippen LogP contribution is 2.32. The van der Waals surface area contributed by atoms with Gasteiger partial charge < -0.3 is 19.5 Å². The Morgan fingerprint density at radius 1 is 1.27 bits per heavy atom. The van der Waals surface area contributed by atoms with Crippen LogP contribution in [0.4, 0.5) is 5.69 Å². The van der Waals surface area contributed by atoms with Crippen LogP contribution in [0, 0.1) is 0 Å². The van der Waals surface area contributed by atoms with E-state index in [0.717, 1.165) is 6.42 Å². The molecule has 1 saturated heterocycles. The molecule has 1 fully saturated rings. The van der Waals surface area contributed by atoms with Gasteiger partial charge in [-0.25, -0.2) is 8.42 Å². The molecule has 0 aliphatic carbocycles. The second-order valence-electron chi connectivity index (χ2n) is 5.96. The first-order valence-corrected chi connectivity index (χ1v) is 9.98. The molecule has 0 spiro atoms. The number of ether oxygens (including phenoxy) is 2. The average Bonchev–Trinajstić information content (AvgIpc) is 3.06. The van der Waals surface area contributed by atoms with Gasteiger partial charge in [-0.1, -0.05) is 0 Å². The first-order valence-electron chi connectivity index (χ1n) is 8.54. The number of aliphatic hydroxyl groups excluding tert-OH is 1. The van der Waals surface area contributed by atoms with Crippen molar-refractivity contribution >= 4 is 21.6 Å². The fourth-order valence-corrected chi connectivity index (χ4v) is 4.59. The molecule has 1 aromatic carbocycles. The Morgan fingerprint density at radius 3 is 2.62 bits per heavy atom. The van der Waals surface area contributed by atoms with Crippen molar-refractivity contribution in [2.45, 2.75) is 24.2 Å². The van der Waals surface area contributed by atoms with Gasteiger partial charge in [0.25, 0.3) is 0 Å². The molecule has 1 aliphatic rings. The minimum absolute atomic E-state index is 0.0110. The van der Waals surface area contributed by atoms with E-state index in [9.17, 15) is 18.3 Å². The Bertz CT molecular complexity index is 722. The molecule has 146 valence electrons. The molecule has 1 amide bonds. The lowest BCUT2D eigenvalue weighted by atomic mass is 10.3. The number of benzene rings is 1. The number of sulfonamides is 1. The highest BCUT2D eigenvalue weighted by Gasteiger charge is 2.30. The summed E-state index contributed by atoms with van der Waals surface area (Å²) in [5, 5.41) is 9.27. The van der Waals surface area contributed by atoms with Crippen LogP contribution in [0.3, 0.4) is 0 Å². The summed E-state index contributed by atoms with van der Waals surface area (Å²) in [4.78, 5) is 13.6. The van der Waals surface area contributed by atoms with E-state index < -0.39 is 10.0 Å². The Balaban J connectivity index is 2.39. The predicted molar refractivity (Wildman–Crippen MR) is 96.9 cm³/mol. The maximum Gasteiger partial charge on any atom is 0.246 e. The lowest BCUT2D eigenvalue weighted by molar-refractivity contribution is -0.117. The van der Waals surface area contributed by atoms with Crippen LogP contribution >= 0.6 is 0 Å². The van der Waals surface area contributed by atoms with Gasteiger partial charge in [0.05, 0.1) is 13.7 Å². The summed E-state index contributed by atoms with van der Waals surface area (Å²) in [6.07, 6.45) is 1.71. The zero-order valence-electron chi connectivity index (χ0n) is 15.2. The summed E-state index contributed by atoms with van der Waals surface area (Å²) in [6, 6.07) is 4.71. The third kappa shape index (κ3) is 4.53. The second kappa shape index (κ2) is 9.31. The average molecular weight is 386 g/mol. The smallest absolute Gasteiger partial charge is 0.246 e. The summed E-state index contributed by atoms with van der Waals surface area (Å²) >= 11 is 0. The number of carbonyl (C=O) groups is 1. The molecule has 0 bridgehead atoms. The number of rotatable bonds is 10. The molecule has 9 heteroatoms. The van der Waals surface area contributed by atoms with Gasteiger partial charge in [-0.15, -0.1) is 0 Å². The monoisotopic (exact) mass is 386 g/mol. The van der Waals surface area contributed by atoms with Crippen LogP contribution in [0.15, 0.2) is 23.1 Å². The standard InChI is InChI=1S/C17H26N2O6S/c1-24-12-4-8-18(10-11-20)26(22,23)16-13-14(6-7-15(16)25-2)19-9-3-5-17(19)21/h6-7,13,20H,3-5,8-12H2,1-2H3. The molecule has 1 aliphatic heterocycles. The third-order valence-corrected chi connectivity index (χ3v) is 6.18. The van der Waals surface area contributed by atoms with Crippen LogP contribution in [-0.4, -0.2) is 70.8 Å². The predicted octanol–water partition coefficient (Wildman–Crippen LogP) is 0.841. The van der Waals surface area contributed by atoms with E-state index in [0.29, 0.717) is 31.7 Å². The van der Waals surface area contributed by atoms with E-state index in [1.165, 1.54) is 17.5 Å². The molecular formula is C17H26N2O6S. The van der Waals surface area contributed by atoms with E-state index in [1.54, 1.807) is 24.1 Å². The van der Waals surface area contributed by atoms with Gasteiger partial charge in [-0.2, -0.15) is 4.31 Å². The van der Waals surface area contributed by atoms with Crippen LogP contribution in [-0.2, 0) is 19.6 Å². The summed E-state index contributed by atoms with van der Waals surface area (Å²) in [5.74, 6) is 0.181. The first-order chi connectivity index (χ1) is 12.5. The molecule has 1 aromatic rings. The Morgan fingerprint density at radius 2 is 2.04 bits per heavy atom. The van der Waals surface area contributed by atoms with Crippen LogP contribution < -0.4 is 9.64 Å². The molecule has 1 heterocycles. The van der Waals surface area contributed by atoms with Crippen LogP contribution in [0.2, 0.25) is 0 Å². The quantitative estimate of drug-likeness (QED) is 0.599. The SMILES string of the molecule is COCCCN(CCO)S(=O)(=O)c1cc(N2CCCC2=O)ccc1OC. The normalized spacial score (nSPS) is 15.1. The Kier molecular flexibility index (Phi) is 7.39. The van der Waals surface area contributed by atoms with Crippen molar-refractivity contribution in [3.63, 3.8) is 0 Å². The van der Waals surface area contributed by atoms with E-state index in [2.05, 4.69) is 0 Å². The molecule has 0 atom stereocenters. The van der Waals surface area contributed by atoms with Crippen molar-refractivity contribution < 1.29 is 27.8 Å². The molecule has 0 radical (unpaired) electrons. The Labute approximate surface area is 154 Å². The van der Waals surface area contributed by atoms with Crippen molar-refractivity contribution in [1.82, 2.24) is 4.31 Å². The maximum absolute atomic E-state index is 13.1. The van der Waals surface area contributed by atoms with Crippen LogP contribution in [0.1, 0.15) is 19.3 Å². The lowest BCUT2D eigenvalue weighted by Crippen LogP contribution is -2.35. The second-order valence-corrected chi connectivity index (χ2v) is 7.86. The summed E-state index contributed by atoms with van der Waals surface area (Å²) in [6.45, 7) is 0.878. The van der Waals surface area contributed by atoms with Crippen LogP contribution in [0.5, 0.6) is 5.75 Å². The fraction of sp³-hybridized carbons (Fsp3) is 0.588. The lowest BCUT2D eigenvalue weighted by Gasteiger charge is -2.24. The number of anilines is 1. The molecule has 26 heavy (non-hydrogen) atoms. The molecular weight excluding hydrogens is 360 g/mol. The number of nitrogens with zero attached hydrogens (tertiary/aromatic N) is 2. The number of methoxy groups -OCH3 is 2. The highest BCUT2D eigenvalue weighted by atomic mass is 32.2. The molecule has 2 rings (SSSR count). The van der Waals surface area contributed by atoms with Crippen molar-refractivity contribution in [3.05, 3.63) is 18.2 Å². The fourth-order valence-electron chi connectivity index (χ4n) is 2.94. The van der Waals surface area contributed by atoms with Crippen molar-refractivity contribution in [2.75, 3.05) is 52.0 Å². The van der Waals surface area contributed by atoms with Gasteiger partial charge in [-0.05, 0) is 31.0 Å². The third-order valence-electron chi connectivity index (χ3n) is 4.26. The van der Waals surface area contributed by atoms with E-state index in [1.807, 2.05) is 0 Å². The molecule has 1 N–H and O–H groups in total. The largest absolute Gasteiger partial charge is 0.495 e. The van der Waals surface area contributed by atoms with Gasteiger partial charge in [-0.3, -0.25) is 4.79 Å². The molecule has 0 unspecified atom stereocenters. The van der Waals surface area contributed by atoms with E-state index in [4.69, 9.17) is 9.47 Å². The van der Waals surface area contributed by atoms with Gasteiger partial charge in [0.1, 0.15) is 10.6 Å². The minimum Gasteiger partial charge on any atom is -0.495 e. The van der Waals surface area contributed by atoms with Crippen molar-refractivity contribution in [2.24, 2.45) is 0 Å². The topological polar surface area (TPSA) is 96.4 Å². The summed E-state index contributed by atoms with van der Waals surface area (Å²) in [5.41, 5.74) is 0.535. The van der Waals surface area contributed by atoms with Gasteiger partial charge in [0.2, 0.25) is 15.9 Å². The molecule has 0 saturated carbocycles. The maximum atomic E-state index is 13.1. The first kappa shape index (κ1) is 20.6. The minimum atomic E-state index is -3.90. The van der Waals surface area contributed by atoms with Crippen molar-refractivity contribution in [3.8, 4) is 5.75 Å². The Hall–Kier alpha value is -1.68. The molecule has 0 aromatic heterocycles. The summed E-state index contributed by atoms with van der Waals surface area (Å²) in [7, 11) is -0.956. The highest BCUT2D eigenvalue weighted by molar-refractivity contribution is 7.89. The number of amides is 1. The number of hydrogen-bond donors (Lipinski definition) is 1. The van der Waals surface area contributed by atoms with E-state index >= 15 is 0 Å². The zero-order valence-corrected chi connectivity index (χ0v) is 16.0. The van der Waals surface area contributed by atoms with Gasteiger partial charge >= 0.3 is 0 Å². The molecule has 8 nitrogen and oxygen atoms in total. The number of hydrogen-bond acceptors (Lipinski definition) is 6. The van der Waals surface area contributed by atoms with Crippen molar-refractivity contribution in [1.29, 1.82) is 0 Å². The number of carbonyl (C=O) groups excluding carboxylic acids is 1. The zero-order chi connectivity index (χ0) is 19.2. The number of aliphatic hydroxyl groups is 1. The van der Waals surface area contributed by atoms with Gasteiger partial charge in [0.15, 0.2) is 0 Å². The van der Waals surface area contributed by atoms with E-state index in [-0.39, 0.29) is 36.2 Å².